The zero-order chi connectivity index (χ0) is 12.7. The molecule has 1 aromatic carbocycles. The van der Waals surface area contributed by atoms with Gasteiger partial charge in [-0.2, -0.15) is 5.26 Å². The number of benzene rings is 1. The Labute approximate surface area is 110 Å². The van der Waals surface area contributed by atoms with Crippen molar-refractivity contribution < 1.29 is 9.53 Å². The number of esters is 1. The Morgan fingerprint density at radius 3 is 2.88 bits per heavy atom. The molecule has 0 unspecified atom stereocenters. The van der Waals surface area contributed by atoms with Gasteiger partial charge >= 0.3 is 5.97 Å². The summed E-state index contributed by atoms with van der Waals surface area (Å²) in [6, 6.07) is 7.27. The molecule has 0 heterocycles. The highest BCUT2D eigenvalue weighted by Gasteiger charge is 2.15. The molecule has 0 aliphatic rings. The van der Waals surface area contributed by atoms with Crippen LogP contribution in [0.3, 0.4) is 0 Å². The number of nitrogens with zero attached hydrogens (tertiary/aromatic N) is 1. The predicted molar refractivity (Wildman–Crippen MR) is 69.2 cm³/mol. The molecule has 0 aromatic heterocycles. The van der Waals surface area contributed by atoms with Gasteiger partial charge in [-0.05, 0) is 37.5 Å². The Kier molecular flexibility index (Phi) is 5.71. The van der Waals surface area contributed by atoms with Crippen molar-refractivity contribution in [2.45, 2.75) is 19.8 Å². The molecule has 1 rings (SSSR count). The summed E-state index contributed by atoms with van der Waals surface area (Å²) in [7, 11) is 0. The normalized spacial score (nSPS) is 9.71. The Hall–Kier alpha value is -1.34. The Balaban J connectivity index is 3.10. The summed E-state index contributed by atoms with van der Waals surface area (Å²) < 4.78 is 4.99. The SMILES string of the molecule is CCOC(=O)c1cccc(C#N)c1CCCBr. The molecule has 3 nitrogen and oxygen atoms in total. The quantitative estimate of drug-likeness (QED) is 0.620. The molecular formula is C13H14BrNO2. The molecule has 0 saturated carbocycles. The van der Waals surface area contributed by atoms with Gasteiger partial charge < -0.3 is 4.74 Å². The van der Waals surface area contributed by atoms with Gasteiger partial charge in [0, 0.05) is 5.33 Å². The number of alkyl halides is 1. The van der Waals surface area contributed by atoms with Gasteiger partial charge in [0.1, 0.15) is 0 Å². The summed E-state index contributed by atoms with van der Waals surface area (Å²) in [6.07, 6.45) is 1.58. The Bertz CT molecular complexity index is 438. The molecule has 0 atom stereocenters. The minimum Gasteiger partial charge on any atom is -0.462 e. The number of hydrogen-bond acceptors (Lipinski definition) is 3. The molecular weight excluding hydrogens is 282 g/mol. The van der Waals surface area contributed by atoms with Crippen molar-refractivity contribution in [1.82, 2.24) is 0 Å². The fourth-order valence-electron chi connectivity index (χ4n) is 1.60. The fourth-order valence-corrected chi connectivity index (χ4v) is 1.88. The number of hydrogen-bond donors (Lipinski definition) is 0. The molecule has 17 heavy (non-hydrogen) atoms. The van der Waals surface area contributed by atoms with Gasteiger partial charge in [-0.15, -0.1) is 0 Å². The van der Waals surface area contributed by atoms with Gasteiger partial charge in [0.05, 0.1) is 23.8 Å². The van der Waals surface area contributed by atoms with Crippen LogP contribution in [0, 0.1) is 11.3 Å². The number of carbonyl (C=O) groups excluding carboxylic acids is 1. The molecule has 0 aliphatic carbocycles. The lowest BCUT2D eigenvalue weighted by Gasteiger charge is -2.09. The van der Waals surface area contributed by atoms with Crippen LogP contribution in [0.4, 0.5) is 0 Å². The number of ether oxygens (including phenoxy) is 1. The fraction of sp³-hybridized carbons (Fsp3) is 0.385. The second kappa shape index (κ2) is 7.08. The largest absolute Gasteiger partial charge is 0.462 e. The summed E-state index contributed by atoms with van der Waals surface area (Å²) in [5.41, 5.74) is 1.84. The molecule has 90 valence electrons. The molecule has 1 aromatic rings. The highest BCUT2D eigenvalue weighted by atomic mass is 79.9. The van der Waals surface area contributed by atoms with Crippen LogP contribution in [0.25, 0.3) is 0 Å². The second-order valence-electron chi connectivity index (χ2n) is 3.46. The van der Waals surface area contributed by atoms with Crippen LogP contribution in [0.2, 0.25) is 0 Å². The Morgan fingerprint density at radius 2 is 2.29 bits per heavy atom. The lowest BCUT2D eigenvalue weighted by molar-refractivity contribution is 0.0525. The van der Waals surface area contributed by atoms with Crippen LogP contribution in [0.15, 0.2) is 18.2 Å². The van der Waals surface area contributed by atoms with Crippen LogP contribution in [0.5, 0.6) is 0 Å². The van der Waals surface area contributed by atoms with Gasteiger partial charge in [-0.3, -0.25) is 0 Å². The standard InChI is InChI=1S/C13H14BrNO2/c1-2-17-13(16)12-6-3-5-10(9-15)11(12)7-4-8-14/h3,5-6H,2,4,7-8H2,1H3. The van der Waals surface area contributed by atoms with E-state index in [1.54, 1.807) is 25.1 Å². The molecule has 0 saturated heterocycles. The van der Waals surface area contributed by atoms with Crippen LogP contribution >= 0.6 is 15.9 Å². The maximum atomic E-state index is 11.8. The number of rotatable bonds is 5. The van der Waals surface area contributed by atoms with Crippen molar-refractivity contribution in [1.29, 1.82) is 5.26 Å². The van der Waals surface area contributed by atoms with Gasteiger partial charge in [-0.25, -0.2) is 4.79 Å². The van der Waals surface area contributed by atoms with E-state index in [2.05, 4.69) is 22.0 Å². The van der Waals surface area contributed by atoms with E-state index in [-0.39, 0.29) is 5.97 Å². The third-order valence-electron chi connectivity index (χ3n) is 2.35. The van der Waals surface area contributed by atoms with Gasteiger partial charge in [0.15, 0.2) is 0 Å². The predicted octanol–water partition coefficient (Wildman–Crippen LogP) is 3.06. The van der Waals surface area contributed by atoms with Crippen LogP contribution < -0.4 is 0 Å². The van der Waals surface area contributed by atoms with Crippen LogP contribution in [-0.4, -0.2) is 17.9 Å². The Morgan fingerprint density at radius 1 is 1.53 bits per heavy atom. The van der Waals surface area contributed by atoms with E-state index in [1.165, 1.54) is 0 Å². The average Bonchev–Trinajstić information content (AvgIpc) is 2.36. The smallest absolute Gasteiger partial charge is 0.338 e. The van der Waals surface area contributed by atoms with E-state index in [9.17, 15) is 4.79 Å². The van der Waals surface area contributed by atoms with Crippen molar-refractivity contribution in [3.8, 4) is 6.07 Å². The first kappa shape index (κ1) is 13.7. The third kappa shape index (κ3) is 3.57. The van der Waals surface area contributed by atoms with Crippen molar-refractivity contribution in [2.24, 2.45) is 0 Å². The number of nitriles is 1. The second-order valence-corrected chi connectivity index (χ2v) is 4.25. The van der Waals surface area contributed by atoms with E-state index in [0.717, 1.165) is 17.3 Å². The van der Waals surface area contributed by atoms with E-state index in [1.807, 2.05) is 0 Å². The minimum absolute atomic E-state index is 0.341. The summed E-state index contributed by atoms with van der Waals surface area (Å²) in [4.78, 5) is 11.8. The van der Waals surface area contributed by atoms with Gasteiger partial charge in [0.25, 0.3) is 0 Å². The van der Waals surface area contributed by atoms with Gasteiger partial charge in [-0.1, -0.05) is 22.0 Å². The molecule has 0 N–H and O–H groups in total. The van der Waals surface area contributed by atoms with Crippen molar-refractivity contribution in [3.05, 3.63) is 34.9 Å². The molecule has 0 spiro atoms. The highest BCUT2D eigenvalue weighted by Crippen LogP contribution is 2.18. The van der Waals surface area contributed by atoms with E-state index in [4.69, 9.17) is 10.00 Å². The number of carbonyl (C=O) groups is 1. The van der Waals surface area contributed by atoms with E-state index < -0.39 is 0 Å². The topological polar surface area (TPSA) is 50.1 Å². The highest BCUT2D eigenvalue weighted by molar-refractivity contribution is 9.09. The minimum atomic E-state index is -0.353. The molecule has 0 aliphatic heterocycles. The average molecular weight is 296 g/mol. The first-order chi connectivity index (χ1) is 8.24. The lowest BCUT2D eigenvalue weighted by Crippen LogP contribution is -2.09. The van der Waals surface area contributed by atoms with E-state index >= 15 is 0 Å². The molecule has 0 radical (unpaired) electrons. The number of halogens is 1. The monoisotopic (exact) mass is 295 g/mol. The van der Waals surface area contributed by atoms with Crippen molar-refractivity contribution in [2.75, 3.05) is 11.9 Å². The maximum absolute atomic E-state index is 11.8. The summed E-state index contributed by atoms with van der Waals surface area (Å²) >= 11 is 3.35. The first-order valence-corrected chi connectivity index (χ1v) is 6.61. The van der Waals surface area contributed by atoms with Crippen LogP contribution in [0.1, 0.15) is 34.8 Å². The summed E-state index contributed by atoms with van der Waals surface area (Å²) in [6.45, 7) is 2.11. The van der Waals surface area contributed by atoms with Gasteiger partial charge in [0.2, 0.25) is 0 Å². The molecule has 0 amide bonds. The molecule has 0 bridgehead atoms. The van der Waals surface area contributed by atoms with Crippen molar-refractivity contribution in [3.63, 3.8) is 0 Å². The van der Waals surface area contributed by atoms with Crippen LogP contribution in [-0.2, 0) is 11.2 Å². The first-order valence-electron chi connectivity index (χ1n) is 5.49. The zero-order valence-electron chi connectivity index (χ0n) is 9.70. The summed E-state index contributed by atoms with van der Waals surface area (Å²) in [5.74, 6) is -0.353. The molecule has 4 heteroatoms. The van der Waals surface area contributed by atoms with E-state index in [0.29, 0.717) is 24.2 Å². The zero-order valence-corrected chi connectivity index (χ0v) is 11.3. The lowest BCUT2D eigenvalue weighted by atomic mass is 9.98. The maximum Gasteiger partial charge on any atom is 0.338 e. The molecule has 0 fully saturated rings. The third-order valence-corrected chi connectivity index (χ3v) is 2.91. The summed E-state index contributed by atoms with van der Waals surface area (Å²) in [5, 5.41) is 9.88. The van der Waals surface area contributed by atoms with Crippen molar-refractivity contribution >= 4 is 21.9 Å².